The molecule has 0 aliphatic rings. The summed E-state index contributed by atoms with van der Waals surface area (Å²) in [6.07, 6.45) is 0. The number of rotatable bonds is 0. The molecule has 12 heavy (non-hydrogen) atoms. The van der Waals surface area contributed by atoms with E-state index in [4.69, 9.17) is 34.8 Å². The molecular weight excluding hydrogens is 248 g/mol. The van der Waals surface area contributed by atoms with Gasteiger partial charge in [-0.2, -0.15) is 8.65 Å². The third-order valence-electron chi connectivity index (χ3n) is 1.03. The van der Waals surface area contributed by atoms with Gasteiger partial charge in [-0.3, -0.25) is 0 Å². The highest BCUT2D eigenvalue weighted by Crippen LogP contribution is 2.28. The van der Waals surface area contributed by atoms with E-state index in [0.29, 0.717) is 8.65 Å². The van der Waals surface area contributed by atoms with Crippen molar-refractivity contribution in [2.75, 3.05) is 0 Å². The van der Waals surface area contributed by atoms with Gasteiger partial charge in [-0.1, -0.05) is 34.8 Å². The Morgan fingerprint density at radius 1 is 1.33 bits per heavy atom. The van der Waals surface area contributed by atoms with Crippen molar-refractivity contribution in [3.8, 4) is 0 Å². The van der Waals surface area contributed by atoms with Gasteiger partial charge in [0, 0.05) is 0 Å². The Morgan fingerprint density at radius 3 is 2.00 bits per heavy atom. The number of thiol groups is 1. The van der Waals surface area contributed by atoms with Gasteiger partial charge in [0.25, 0.3) is 3.92 Å². The normalized spacial score (nSPS) is 12.0. The number of halogens is 3. The minimum atomic E-state index is -2.10. The fourth-order valence-corrected chi connectivity index (χ4v) is 1.22. The predicted molar refractivity (Wildman–Crippen MR) is 49.2 cm³/mol. The number of hydrogen-bond donors (Lipinski definition) is 2. The average molecular weight is 250 g/mol. The van der Waals surface area contributed by atoms with E-state index in [-0.39, 0.29) is 0 Å². The molecule has 0 saturated heterocycles. The molecule has 1 aromatic rings. The van der Waals surface area contributed by atoms with Crippen LogP contribution in [0, 0.1) is 0 Å². The number of H-pyrrole nitrogens is 1. The molecule has 0 amide bonds. The first-order valence-electron chi connectivity index (χ1n) is 2.54. The van der Waals surface area contributed by atoms with E-state index in [1.807, 2.05) is 5.10 Å². The summed E-state index contributed by atoms with van der Waals surface area (Å²) in [5, 5.41) is 2.00. The van der Waals surface area contributed by atoms with Crippen molar-refractivity contribution in [3.63, 3.8) is 0 Å². The summed E-state index contributed by atoms with van der Waals surface area (Å²) in [4.78, 5) is 21.9. The summed E-state index contributed by atoms with van der Waals surface area (Å²) in [5.74, 6) is 0. The van der Waals surface area contributed by atoms with E-state index in [9.17, 15) is 9.59 Å². The smallest absolute Gasteiger partial charge is 0.246 e. The van der Waals surface area contributed by atoms with Crippen LogP contribution >= 0.6 is 47.6 Å². The fourth-order valence-electron chi connectivity index (χ4n) is 0.594. The molecule has 68 valence electrons. The van der Waals surface area contributed by atoms with Crippen molar-refractivity contribution in [1.29, 1.82) is 0 Å². The van der Waals surface area contributed by atoms with E-state index in [2.05, 4.69) is 12.8 Å². The first kappa shape index (κ1) is 10.0. The molecule has 0 aromatic carbocycles. The zero-order valence-corrected chi connectivity index (χ0v) is 8.45. The molecule has 1 N–H and O–H groups in total. The van der Waals surface area contributed by atoms with Crippen molar-refractivity contribution in [2.24, 2.45) is 0 Å². The van der Waals surface area contributed by atoms with Gasteiger partial charge in [0.1, 0.15) is 0 Å². The highest BCUT2D eigenvalue weighted by molar-refractivity contribution is 7.78. The molecular formula is C3H2Cl3N3O2S. The lowest BCUT2D eigenvalue weighted by Crippen LogP contribution is -2.35. The summed E-state index contributed by atoms with van der Waals surface area (Å²) in [6, 6.07) is 0. The molecule has 0 fully saturated rings. The predicted octanol–water partition coefficient (Wildman–Crippen LogP) is 0.315. The Labute approximate surface area is 86.4 Å². The topological polar surface area (TPSA) is 59.8 Å². The van der Waals surface area contributed by atoms with Crippen LogP contribution < -0.4 is 11.4 Å². The van der Waals surface area contributed by atoms with Crippen LogP contribution in [0.2, 0.25) is 0 Å². The van der Waals surface area contributed by atoms with Gasteiger partial charge in [0.2, 0.25) is 0 Å². The Bertz CT molecular complexity index is 398. The quantitative estimate of drug-likeness (QED) is 0.514. The highest BCUT2D eigenvalue weighted by Gasteiger charge is 2.28. The zero-order valence-electron chi connectivity index (χ0n) is 5.29. The number of alkyl halides is 3. The van der Waals surface area contributed by atoms with Crippen molar-refractivity contribution in [3.05, 3.63) is 21.0 Å². The molecule has 0 saturated carbocycles. The third kappa shape index (κ3) is 1.66. The van der Waals surface area contributed by atoms with Gasteiger partial charge in [0.15, 0.2) is 0 Å². The molecule has 0 unspecified atom stereocenters. The van der Waals surface area contributed by atoms with Gasteiger partial charge >= 0.3 is 11.4 Å². The summed E-state index contributed by atoms with van der Waals surface area (Å²) in [7, 11) is 0. The number of nitrogens with zero attached hydrogens (tertiary/aromatic N) is 2. The number of aromatic nitrogens is 3. The Hall–Kier alpha value is -0.0400. The van der Waals surface area contributed by atoms with Crippen LogP contribution in [0.25, 0.3) is 0 Å². The minimum absolute atomic E-state index is 0.407. The fraction of sp³-hybridized carbons (Fsp3) is 0.333. The molecule has 0 aliphatic heterocycles. The van der Waals surface area contributed by atoms with Gasteiger partial charge in [-0.25, -0.2) is 14.7 Å². The third-order valence-corrected chi connectivity index (χ3v) is 1.81. The monoisotopic (exact) mass is 249 g/mol. The Kier molecular flexibility index (Phi) is 2.53. The first-order valence-corrected chi connectivity index (χ1v) is 4.08. The summed E-state index contributed by atoms with van der Waals surface area (Å²) < 4.78 is -1.08. The SMILES string of the molecule is O=c1[nH]n(S)c(=O)n1C(Cl)(Cl)Cl. The molecule has 1 rings (SSSR count). The largest absolute Gasteiger partial charge is 0.360 e. The van der Waals surface area contributed by atoms with Gasteiger partial charge in [-0.05, 0) is 12.8 Å². The van der Waals surface area contributed by atoms with Crippen LogP contribution in [-0.2, 0) is 3.92 Å². The van der Waals surface area contributed by atoms with E-state index in [1.165, 1.54) is 0 Å². The van der Waals surface area contributed by atoms with Crippen molar-refractivity contribution < 1.29 is 0 Å². The Balaban J connectivity index is 3.55. The summed E-state index contributed by atoms with van der Waals surface area (Å²) >= 11 is 19.5. The number of aromatic amines is 1. The van der Waals surface area contributed by atoms with Crippen LogP contribution in [-0.4, -0.2) is 13.8 Å². The van der Waals surface area contributed by atoms with Gasteiger partial charge in [0.05, 0.1) is 0 Å². The molecule has 1 aromatic heterocycles. The standard InChI is InChI=1S/C3H2Cl3N3O2S/c4-3(5,6)8-1(10)7-9(12)2(8)11/h12H,(H,7,10). The maximum atomic E-state index is 11.0. The van der Waals surface area contributed by atoms with E-state index in [1.54, 1.807) is 0 Å². The van der Waals surface area contributed by atoms with Crippen molar-refractivity contribution in [2.45, 2.75) is 3.92 Å². The summed E-state index contributed by atoms with van der Waals surface area (Å²) in [5.41, 5.74) is -1.68. The number of nitrogens with one attached hydrogen (secondary N) is 1. The zero-order chi connectivity index (χ0) is 9.52. The lowest BCUT2D eigenvalue weighted by Gasteiger charge is -2.07. The number of hydrogen-bond acceptors (Lipinski definition) is 3. The summed E-state index contributed by atoms with van der Waals surface area (Å²) in [6.45, 7) is 0. The maximum Gasteiger partial charge on any atom is 0.360 e. The average Bonchev–Trinajstić information content (AvgIpc) is 2.05. The van der Waals surface area contributed by atoms with Crippen molar-refractivity contribution >= 4 is 47.6 Å². The van der Waals surface area contributed by atoms with Crippen LogP contribution in [0.4, 0.5) is 0 Å². The van der Waals surface area contributed by atoms with Crippen LogP contribution in [0.1, 0.15) is 0 Å². The maximum absolute atomic E-state index is 11.0. The molecule has 0 spiro atoms. The van der Waals surface area contributed by atoms with Crippen LogP contribution in [0.15, 0.2) is 9.59 Å². The lowest BCUT2D eigenvalue weighted by atomic mass is 11.0. The van der Waals surface area contributed by atoms with Crippen LogP contribution in [0.3, 0.4) is 0 Å². The second kappa shape index (κ2) is 3.02. The molecule has 0 radical (unpaired) electrons. The van der Waals surface area contributed by atoms with E-state index in [0.717, 1.165) is 0 Å². The molecule has 1 heterocycles. The van der Waals surface area contributed by atoms with Crippen LogP contribution in [0.5, 0.6) is 0 Å². The molecule has 0 atom stereocenters. The second-order valence-corrected chi connectivity index (χ2v) is 4.44. The van der Waals surface area contributed by atoms with E-state index >= 15 is 0 Å². The first-order chi connectivity index (χ1) is 5.34. The molecule has 9 heteroatoms. The van der Waals surface area contributed by atoms with E-state index < -0.39 is 15.3 Å². The highest BCUT2D eigenvalue weighted by atomic mass is 35.6. The van der Waals surface area contributed by atoms with Gasteiger partial charge in [-0.15, -0.1) is 0 Å². The van der Waals surface area contributed by atoms with Crippen molar-refractivity contribution in [1.82, 2.24) is 13.8 Å². The lowest BCUT2D eigenvalue weighted by molar-refractivity contribution is 0.719. The molecule has 0 bridgehead atoms. The minimum Gasteiger partial charge on any atom is -0.246 e. The molecule has 0 aliphatic carbocycles. The Morgan fingerprint density at radius 2 is 1.83 bits per heavy atom. The van der Waals surface area contributed by atoms with Gasteiger partial charge < -0.3 is 0 Å². The second-order valence-electron chi connectivity index (χ2n) is 1.81. The molecule has 5 nitrogen and oxygen atoms in total.